The summed E-state index contributed by atoms with van der Waals surface area (Å²) in [6.45, 7) is 3.58. The highest BCUT2D eigenvalue weighted by Gasteiger charge is 2.08. The van der Waals surface area contributed by atoms with Crippen molar-refractivity contribution in [3.63, 3.8) is 0 Å². The summed E-state index contributed by atoms with van der Waals surface area (Å²) in [5, 5.41) is 12.3. The summed E-state index contributed by atoms with van der Waals surface area (Å²) in [5.74, 6) is 0.314. The van der Waals surface area contributed by atoms with E-state index in [2.05, 4.69) is 9.98 Å². The zero-order valence-corrected chi connectivity index (χ0v) is 12.6. The van der Waals surface area contributed by atoms with Gasteiger partial charge >= 0.3 is 0 Å². The van der Waals surface area contributed by atoms with Gasteiger partial charge in [0.2, 0.25) is 0 Å². The molecule has 0 aliphatic carbocycles. The van der Waals surface area contributed by atoms with Crippen LogP contribution in [0.5, 0.6) is 5.75 Å². The topological polar surface area (TPSA) is 50.4 Å². The van der Waals surface area contributed by atoms with Crippen LogP contribution in [0.4, 0.5) is 0 Å². The molecule has 22 heavy (non-hydrogen) atoms. The van der Waals surface area contributed by atoms with Crippen LogP contribution >= 0.6 is 0 Å². The van der Waals surface area contributed by atoms with Crippen molar-refractivity contribution >= 4 is 16.5 Å². The highest BCUT2D eigenvalue weighted by molar-refractivity contribution is 6.06. The molecule has 0 saturated heterocycles. The van der Waals surface area contributed by atoms with E-state index in [1.54, 1.807) is 6.20 Å². The van der Waals surface area contributed by atoms with E-state index in [1.807, 2.05) is 60.4 Å². The van der Waals surface area contributed by atoms with Crippen molar-refractivity contribution in [1.29, 1.82) is 0 Å². The standard InChI is InChI=1S/C18H19N3O/c1-14(20-9-4-11-21-12-10-19-13-21)16-8-7-15-5-2-3-6-17(15)18(16)22/h2-3,5-8,10,12-13,22H,4,9,11H2,1H3. The fourth-order valence-electron chi connectivity index (χ4n) is 2.55. The molecule has 3 rings (SSSR count). The monoisotopic (exact) mass is 293 g/mol. The van der Waals surface area contributed by atoms with E-state index < -0.39 is 0 Å². The lowest BCUT2D eigenvalue weighted by molar-refractivity contribution is 0.480. The molecule has 0 atom stereocenters. The molecule has 0 spiro atoms. The van der Waals surface area contributed by atoms with Crippen molar-refractivity contribution in [2.24, 2.45) is 4.99 Å². The van der Waals surface area contributed by atoms with Gasteiger partial charge in [0.15, 0.2) is 0 Å². The van der Waals surface area contributed by atoms with Gasteiger partial charge in [0.25, 0.3) is 0 Å². The number of rotatable bonds is 5. The van der Waals surface area contributed by atoms with Gasteiger partial charge in [0, 0.05) is 42.1 Å². The van der Waals surface area contributed by atoms with Gasteiger partial charge in [-0.1, -0.05) is 30.3 Å². The molecule has 1 aromatic heterocycles. The van der Waals surface area contributed by atoms with Gasteiger partial charge in [-0.3, -0.25) is 4.99 Å². The number of hydrogen-bond acceptors (Lipinski definition) is 3. The second-order valence-corrected chi connectivity index (χ2v) is 5.30. The van der Waals surface area contributed by atoms with Crippen LogP contribution in [-0.2, 0) is 6.54 Å². The van der Waals surface area contributed by atoms with Crippen LogP contribution < -0.4 is 0 Å². The van der Waals surface area contributed by atoms with E-state index in [9.17, 15) is 5.11 Å². The highest BCUT2D eigenvalue weighted by Crippen LogP contribution is 2.28. The fraction of sp³-hybridized carbons (Fsp3) is 0.222. The second-order valence-electron chi connectivity index (χ2n) is 5.30. The fourth-order valence-corrected chi connectivity index (χ4v) is 2.55. The van der Waals surface area contributed by atoms with E-state index >= 15 is 0 Å². The lowest BCUT2D eigenvalue weighted by atomic mass is 10.0. The third kappa shape index (κ3) is 3.01. The lowest BCUT2D eigenvalue weighted by Crippen LogP contribution is -2.00. The predicted molar refractivity (Wildman–Crippen MR) is 89.5 cm³/mol. The average molecular weight is 293 g/mol. The minimum atomic E-state index is 0.314. The van der Waals surface area contributed by atoms with Crippen molar-refractivity contribution < 1.29 is 5.11 Å². The summed E-state index contributed by atoms with van der Waals surface area (Å²) in [5.41, 5.74) is 1.68. The van der Waals surface area contributed by atoms with E-state index in [4.69, 9.17) is 0 Å². The molecular weight excluding hydrogens is 274 g/mol. The van der Waals surface area contributed by atoms with Gasteiger partial charge in [0.1, 0.15) is 5.75 Å². The molecule has 0 radical (unpaired) electrons. The molecule has 0 aliphatic heterocycles. The zero-order chi connectivity index (χ0) is 15.4. The van der Waals surface area contributed by atoms with Crippen molar-refractivity contribution in [1.82, 2.24) is 9.55 Å². The normalized spacial score (nSPS) is 12.0. The average Bonchev–Trinajstić information content (AvgIpc) is 3.05. The maximum Gasteiger partial charge on any atom is 0.132 e. The van der Waals surface area contributed by atoms with Crippen LogP contribution in [0.2, 0.25) is 0 Å². The number of phenolic OH excluding ortho intramolecular Hbond substituents is 1. The van der Waals surface area contributed by atoms with Crippen LogP contribution in [0, 0.1) is 0 Å². The van der Waals surface area contributed by atoms with Crippen molar-refractivity contribution in [3.8, 4) is 5.75 Å². The third-order valence-corrected chi connectivity index (χ3v) is 3.77. The Morgan fingerprint density at radius 1 is 1.23 bits per heavy atom. The molecule has 2 aromatic carbocycles. The van der Waals surface area contributed by atoms with Gasteiger partial charge in [-0.25, -0.2) is 4.98 Å². The first-order valence-corrected chi connectivity index (χ1v) is 7.43. The molecule has 0 aliphatic rings. The Morgan fingerprint density at radius 3 is 2.91 bits per heavy atom. The van der Waals surface area contributed by atoms with Crippen molar-refractivity contribution in [2.45, 2.75) is 19.9 Å². The molecule has 0 unspecified atom stereocenters. The van der Waals surface area contributed by atoms with E-state index in [0.29, 0.717) is 5.75 Å². The van der Waals surface area contributed by atoms with Crippen LogP contribution in [0.25, 0.3) is 10.8 Å². The first-order chi connectivity index (χ1) is 10.8. The number of phenols is 1. The molecular formula is C18H19N3O. The molecule has 112 valence electrons. The maximum absolute atomic E-state index is 10.4. The number of aromatic nitrogens is 2. The van der Waals surface area contributed by atoms with Gasteiger partial charge in [-0.2, -0.15) is 0 Å². The molecule has 4 nitrogen and oxygen atoms in total. The highest BCUT2D eigenvalue weighted by atomic mass is 16.3. The molecule has 0 bridgehead atoms. The van der Waals surface area contributed by atoms with E-state index in [1.165, 1.54) is 0 Å². The zero-order valence-electron chi connectivity index (χ0n) is 12.6. The first kappa shape index (κ1) is 14.3. The molecule has 0 amide bonds. The first-order valence-electron chi connectivity index (χ1n) is 7.43. The summed E-state index contributed by atoms with van der Waals surface area (Å²) in [4.78, 5) is 8.60. The van der Waals surface area contributed by atoms with E-state index in [0.717, 1.165) is 41.6 Å². The third-order valence-electron chi connectivity index (χ3n) is 3.77. The lowest BCUT2D eigenvalue weighted by Gasteiger charge is -2.08. The quantitative estimate of drug-likeness (QED) is 0.577. The summed E-state index contributed by atoms with van der Waals surface area (Å²) in [7, 11) is 0. The number of fused-ring (bicyclic) bond motifs is 1. The molecule has 0 fully saturated rings. The second kappa shape index (κ2) is 6.43. The van der Waals surface area contributed by atoms with Gasteiger partial charge in [-0.05, 0) is 24.8 Å². The molecule has 4 heteroatoms. The minimum Gasteiger partial charge on any atom is -0.507 e. The number of aromatic hydroxyl groups is 1. The van der Waals surface area contributed by atoms with Crippen LogP contribution in [0.15, 0.2) is 60.1 Å². The summed E-state index contributed by atoms with van der Waals surface area (Å²) in [6, 6.07) is 11.8. The van der Waals surface area contributed by atoms with Crippen LogP contribution in [-0.4, -0.2) is 26.9 Å². The number of aryl methyl sites for hydroxylation is 1. The number of hydrogen-bond donors (Lipinski definition) is 1. The smallest absolute Gasteiger partial charge is 0.132 e. The van der Waals surface area contributed by atoms with Crippen molar-refractivity contribution in [3.05, 3.63) is 60.7 Å². The van der Waals surface area contributed by atoms with Crippen LogP contribution in [0.3, 0.4) is 0 Å². The Balaban J connectivity index is 1.72. The summed E-state index contributed by atoms with van der Waals surface area (Å²) < 4.78 is 2.04. The molecule has 1 N–H and O–H groups in total. The summed E-state index contributed by atoms with van der Waals surface area (Å²) >= 11 is 0. The maximum atomic E-state index is 10.4. The number of nitrogens with zero attached hydrogens (tertiary/aromatic N) is 3. The largest absolute Gasteiger partial charge is 0.507 e. The van der Waals surface area contributed by atoms with E-state index in [-0.39, 0.29) is 0 Å². The van der Waals surface area contributed by atoms with Crippen LogP contribution in [0.1, 0.15) is 18.9 Å². The number of benzene rings is 2. The Labute approximate surface area is 129 Å². The Kier molecular flexibility index (Phi) is 4.19. The molecule has 3 aromatic rings. The SMILES string of the molecule is CC(=NCCCn1ccnc1)c1ccc2ccccc2c1O. The molecule has 0 saturated carbocycles. The Bertz CT molecular complexity index is 791. The summed E-state index contributed by atoms with van der Waals surface area (Å²) in [6.07, 6.45) is 6.49. The number of imidazole rings is 1. The molecule has 1 heterocycles. The predicted octanol–water partition coefficient (Wildman–Crippen LogP) is 3.64. The van der Waals surface area contributed by atoms with Gasteiger partial charge in [0.05, 0.1) is 6.33 Å². The van der Waals surface area contributed by atoms with Crippen molar-refractivity contribution in [2.75, 3.05) is 6.54 Å². The minimum absolute atomic E-state index is 0.314. The Hall–Kier alpha value is -2.62. The number of aliphatic imine (C=N–C) groups is 1. The van der Waals surface area contributed by atoms with Gasteiger partial charge in [-0.15, -0.1) is 0 Å². The van der Waals surface area contributed by atoms with Gasteiger partial charge < -0.3 is 9.67 Å². The Morgan fingerprint density at radius 2 is 2.09 bits per heavy atom.